The van der Waals surface area contributed by atoms with E-state index in [1.54, 1.807) is 12.1 Å². The molecular weight excluding hydrogens is 398 g/mol. The molecule has 0 spiro atoms. The second kappa shape index (κ2) is 8.05. The van der Waals surface area contributed by atoms with Crippen LogP contribution in [-0.2, 0) is 6.42 Å². The number of alkyl halides is 2. The molecule has 30 heavy (non-hydrogen) atoms. The summed E-state index contributed by atoms with van der Waals surface area (Å²) in [6.45, 7) is -2.58. The topological polar surface area (TPSA) is 106 Å². The minimum atomic E-state index is -2.88. The Hall–Kier alpha value is -3.56. The Morgan fingerprint density at radius 3 is 2.67 bits per heavy atom. The van der Waals surface area contributed by atoms with Crippen molar-refractivity contribution in [2.24, 2.45) is 0 Å². The Balaban J connectivity index is 1.43. The molecule has 10 heteroatoms. The Morgan fingerprint density at radius 2 is 2.00 bits per heavy atom. The highest BCUT2D eigenvalue weighted by molar-refractivity contribution is 5.96. The first-order valence-corrected chi connectivity index (χ1v) is 9.39. The smallest absolute Gasteiger partial charge is 0.387 e. The molecule has 1 aliphatic rings. The van der Waals surface area contributed by atoms with Gasteiger partial charge in [-0.05, 0) is 43.0 Å². The second-order valence-corrected chi connectivity index (χ2v) is 6.98. The minimum Gasteiger partial charge on any atom is -0.435 e. The number of H-pyrrole nitrogens is 1. The van der Waals surface area contributed by atoms with Gasteiger partial charge in [0.05, 0.1) is 10.9 Å². The number of carbonyl (C=O) groups is 1. The van der Waals surface area contributed by atoms with Gasteiger partial charge in [0.1, 0.15) is 11.4 Å². The van der Waals surface area contributed by atoms with Crippen molar-refractivity contribution in [1.82, 2.24) is 19.9 Å². The predicted octanol–water partition coefficient (Wildman–Crippen LogP) is 1.99. The van der Waals surface area contributed by atoms with Crippen molar-refractivity contribution in [3.05, 3.63) is 68.5 Å². The first-order valence-electron chi connectivity index (χ1n) is 9.39. The molecule has 156 valence electrons. The van der Waals surface area contributed by atoms with Crippen LogP contribution in [0.25, 0.3) is 11.0 Å². The van der Waals surface area contributed by atoms with Crippen molar-refractivity contribution >= 4 is 16.9 Å². The maximum absolute atomic E-state index is 12.4. The number of aromatic nitrogens is 3. The van der Waals surface area contributed by atoms with E-state index in [2.05, 4.69) is 20.0 Å². The lowest BCUT2D eigenvalue weighted by atomic mass is 10.1. The highest BCUT2D eigenvalue weighted by Crippen LogP contribution is 2.34. The molecule has 0 unspecified atom stereocenters. The molecule has 1 amide bonds. The summed E-state index contributed by atoms with van der Waals surface area (Å²) in [6.07, 6.45) is 3.51. The first-order chi connectivity index (χ1) is 14.4. The van der Waals surface area contributed by atoms with Crippen LogP contribution in [0.4, 0.5) is 8.78 Å². The van der Waals surface area contributed by atoms with E-state index >= 15 is 0 Å². The SMILES string of the molecule is O=C(NCCc1ccc(OC(F)F)cc1)c1cnc2c(c1)c(=O)[nH]c(=O)n2C1CC1. The summed E-state index contributed by atoms with van der Waals surface area (Å²) in [6, 6.07) is 7.59. The number of ether oxygens (including phenoxy) is 1. The van der Waals surface area contributed by atoms with Gasteiger partial charge in [0.15, 0.2) is 0 Å². The van der Waals surface area contributed by atoms with Gasteiger partial charge in [-0.15, -0.1) is 0 Å². The highest BCUT2D eigenvalue weighted by atomic mass is 19.3. The first kappa shape index (κ1) is 19.7. The number of benzene rings is 1. The number of halogens is 2. The Bertz CT molecular complexity index is 1200. The maximum atomic E-state index is 12.4. The van der Waals surface area contributed by atoms with Crippen molar-refractivity contribution < 1.29 is 18.3 Å². The number of carbonyl (C=O) groups excluding carboxylic acids is 1. The standard InChI is InChI=1S/C20H18F2N4O4/c21-19(22)30-14-5-1-11(2-6-14)7-8-23-17(27)12-9-15-16(24-10-12)26(13-3-4-13)20(29)25-18(15)28/h1-2,5-6,9-10,13,19H,3-4,7-8H2,(H,23,27)(H,25,28,29). The lowest BCUT2D eigenvalue weighted by molar-refractivity contribution is -0.0498. The number of amides is 1. The number of hydrogen-bond acceptors (Lipinski definition) is 5. The molecule has 1 saturated carbocycles. The molecule has 8 nitrogen and oxygen atoms in total. The average Bonchev–Trinajstić information content (AvgIpc) is 3.53. The van der Waals surface area contributed by atoms with Crippen molar-refractivity contribution in [3.8, 4) is 5.75 Å². The summed E-state index contributed by atoms with van der Waals surface area (Å²) >= 11 is 0. The van der Waals surface area contributed by atoms with Crippen LogP contribution in [0.5, 0.6) is 5.75 Å². The third-order valence-corrected chi connectivity index (χ3v) is 4.80. The fourth-order valence-electron chi connectivity index (χ4n) is 3.19. The van der Waals surface area contributed by atoms with E-state index in [1.165, 1.54) is 29.0 Å². The van der Waals surface area contributed by atoms with E-state index in [0.29, 0.717) is 13.0 Å². The van der Waals surface area contributed by atoms with Crippen LogP contribution in [-0.4, -0.2) is 33.6 Å². The molecule has 4 rings (SSSR count). The van der Waals surface area contributed by atoms with Gasteiger partial charge in [-0.2, -0.15) is 8.78 Å². The summed E-state index contributed by atoms with van der Waals surface area (Å²) in [5.74, 6) is -0.347. The molecular formula is C20H18F2N4O4. The molecule has 2 N–H and O–H groups in total. The Kier molecular flexibility index (Phi) is 5.30. The molecule has 0 saturated heterocycles. The average molecular weight is 416 g/mol. The van der Waals surface area contributed by atoms with Crippen LogP contribution in [0.15, 0.2) is 46.1 Å². The molecule has 0 bridgehead atoms. The molecule has 0 aliphatic heterocycles. The van der Waals surface area contributed by atoms with Gasteiger partial charge in [-0.1, -0.05) is 12.1 Å². The maximum Gasteiger partial charge on any atom is 0.387 e. The number of nitrogens with one attached hydrogen (secondary N) is 2. The van der Waals surface area contributed by atoms with E-state index in [-0.39, 0.29) is 28.4 Å². The number of fused-ring (bicyclic) bond motifs is 1. The molecule has 0 atom stereocenters. The fourth-order valence-corrected chi connectivity index (χ4v) is 3.19. The van der Waals surface area contributed by atoms with Crippen molar-refractivity contribution in [2.75, 3.05) is 6.54 Å². The van der Waals surface area contributed by atoms with Crippen LogP contribution < -0.4 is 21.3 Å². The van der Waals surface area contributed by atoms with Gasteiger partial charge in [0.25, 0.3) is 11.5 Å². The van der Waals surface area contributed by atoms with Crippen LogP contribution in [0.3, 0.4) is 0 Å². The summed E-state index contributed by atoms with van der Waals surface area (Å²) in [5.41, 5.74) is 0.229. The quantitative estimate of drug-likeness (QED) is 0.613. The van der Waals surface area contributed by atoms with E-state index < -0.39 is 23.8 Å². The largest absolute Gasteiger partial charge is 0.435 e. The number of aromatic amines is 1. The van der Waals surface area contributed by atoms with Gasteiger partial charge in [-0.25, -0.2) is 9.78 Å². The zero-order valence-corrected chi connectivity index (χ0v) is 15.7. The normalized spacial score (nSPS) is 13.6. The van der Waals surface area contributed by atoms with Gasteiger partial charge < -0.3 is 10.1 Å². The third-order valence-electron chi connectivity index (χ3n) is 4.80. The number of rotatable bonds is 7. The molecule has 1 aliphatic carbocycles. The Labute approximate surface area is 168 Å². The summed E-state index contributed by atoms with van der Waals surface area (Å²) in [7, 11) is 0. The highest BCUT2D eigenvalue weighted by Gasteiger charge is 2.27. The number of pyridine rings is 1. The molecule has 2 aromatic heterocycles. The van der Waals surface area contributed by atoms with E-state index in [1.807, 2.05) is 0 Å². The fraction of sp³-hybridized carbons (Fsp3) is 0.300. The lowest BCUT2D eigenvalue weighted by Gasteiger charge is -2.09. The zero-order valence-electron chi connectivity index (χ0n) is 15.7. The summed E-state index contributed by atoms with van der Waals surface area (Å²) in [4.78, 5) is 43.1. The van der Waals surface area contributed by atoms with Gasteiger partial charge in [-0.3, -0.25) is 19.1 Å². The molecule has 2 heterocycles. The van der Waals surface area contributed by atoms with E-state index in [4.69, 9.17) is 0 Å². The molecule has 3 aromatic rings. The van der Waals surface area contributed by atoms with Crippen LogP contribution in [0.1, 0.15) is 34.8 Å². The monoisotopic (exact) mass is 416 g/mol. The molecule has 0 radical (unpaired) electrons. The predicted molar refractivity (Wildman–Crippen MR) is 104 cm³/mol. The van der Waals surface area contributed by atoms with Crippen molar-refractivity contribution in [2.45, 2.75) is 31.9 Å². The molecule has 1 fully saturated rings. The van der Waals surface area contributed by atoms with Gasteiger partial charge in [0.2, 0.25) is 0 Å². The van der Waals surface area contributed by atoms with E-state index in [9.17, 15) is 23.2 Å². The molecule has 1 aromatic carbocycles. The van der Waals surface area contributed by atoms with Crippen LogP contribution in [0.2, 0.25) is 0 Å². The lowest BCUT2D eigenvalue weighted by Crippen LogP contribution is -2.31. The summed E-state index contributed by atoms with van der Waals surface area (Å²) in [5, 5.41) is 2.91. The second-order valence-electron chi connectivity index (χ2n) is 6.98. The Morgan fingerprint density at radius 1 is 1.27 bits per heavy atom. The summed E-state index contributed by atoms with van der Waals surface area (Å²) < 4.78 is 30.1. The van der Waals surface area contributed by atoms with E-state index in [0.717, 1.165) is 18.4 Å². The number of nitrogens with zero attached hydrogens (tertiary/aromatic N) is 2. The van der Waals surface area contributed by atoms with Crippen molar-refractivity contribution in [3.63, 3.8) is 0 Å². The zero-order chi connectivity index (χ0) is 21.3. The van der Waals surface area contributed by atoms with Crippen LogP contribution >= 0.6 is 0 Å². The van der Waals surface area contributed by atoms with Gasteiger partial charge >= 0.3 is 12.3 Å². The van der Waals surface area contributed by atoms with Crippen molar-refractivity contribution in [1.29, 1.82) is 0 Å². The van der Waals surface area contributed by atoms with Gasteiger partial charge in [0, 0.05) is 18.8 Å². The minimum absolute atomic E-state index is 0.0292. The third kappa shape index (κ3) is 4.22. The number of hydrogen-bond donors (Lipinski definition) is 2. The van der Waals surface area contributed by atoms with Crippen LogP contribution in [0, 0.1) is 0 Å².